The van der Waals surface area contributed by atoms with Gasteiger partial charge in [-0.25, -0.2) is 9.97 Å². The maximum Gasteiger partial charge on any atom is 0.223 e. The van der Waals surface area contributed by atoms with Crippen LogP contribution in [0.2, 0.25) is 0 Å². The molecule has 0 aliphatic heterocycles. The molecule has 106 valence electrons. The van der Waals surface area contributed by atoms with Crippen molar-refractivity contribution in [1.29, 1.82) is 0 Å². The zero-order valence-electron chi connectivity index (χ0n) is 13.2. The van der Waals surface area contributed by atoms with Crippen LogP contribution in [-0.2, 0) is 0 Å². The van der Waals surface area contributed by atoms with E-state index in [1.54, 1.807) is 0 Å². The zero-order chi connectivity index (χ0) is 14.3. The van der Waals surface area contributed by atoms with Gasteiger partial charge in [0.15, 0.2) is 0 Å². The fourth-order valence-electron chi connectivity index (χ4n) is 3.92. The fourth-order valence-corrected chi connectivity index (χ4v) is 3.92. The molecule has 0 aromatic carbocycles. The van der Waals surface area contributed by atoms with E-state index in [-0.39, 0.29) is 0 Å². The number of aromatic nitrogens is 2. The molecule has 1 aliphatic carbocycles. The summed E-state index contributed by atoms with van der Waals surface area (Å²) in [5.41, 5.74) is 2.84. The SMILES string of the molecule is Cc1cc(C)nc(NC2CC(C)(C)CC(C)(C)C2)n1. The van der Waals surface area contributed by atoms with Gasteiger partial charge in [0, 0.05) is 17.4 Å². The number of hydrogen-bond donors (Lipinski definition) is 1. The summed E-state index contributed by atoms with van der Waals surface area (Å²) in [6.45, 7) is 13.5. The van der Waals surface area contributed by atoms with Gasteiger partial charge in [-0.3, -0.25) is 0 Å². The Morgan fingerprint density at radius 1 is 1.00 bits per heavy atom. The van der Waals surface area contributed by atoms with Crippen molar-refractivity contribution in [2.24, 2.45) is 10.8 Å². The van der Waals surface area contributed by atoms with Crippen LogP contribution in [0.25, 0.3) is 0 Å². The van der Waals surface area contributed by atoms with Crippen LogP contribution >= 0.6 is 0 Å². The van der Waals surface area contributed by atoms with Gasteiger partial charge in [-0.2, -0.15) is 0 Å². The molecular formula is C16H27N3. The van der Waals surface area contributed by atoms with Crippen LogP contribution in [0, 0.1) is 24.7 Å². The lowest BCUT2D eigenvalue weighted by atomic mass is 9.63. The predicted molar refractivity (Wildman–Crippen MR) is 80.3 cm³/mol. The molecule has 1 fully saturated rings. The first-order valence-corrected chi connectivity index (χ1v) is 7.24. The smallest absolute Gasteiger partial charge is 0.223 e. The van der Waals surface area contributed by atoms with Gasteiger partial charge in [0.05, 0.1) is 0 Å². The van der Waals surface area contributed by atoms with Gasteiger partial charge < -0.3 is 5.32 Å². The predicted octanol–water partition coefficient (Wildman–Crippen LogP) is 4.11. The van der Waals surface area contributed by atoms with E-state index >= 15 is 0 Å². The highest BCUT2D eigenvalue weighted by Gasteiger charge is 2.38. The van der Waals surface area contributed by atoms with Crippen molar-refractivity contribution in [2.75, 3.05) is 5.32 Å². The van der Waals surface area contributed by atoms with Crippen LogP contribution in [0.4, 0.5) is 5.95 Å². The molecule has 1 heterocycles. The Bertz CT molecular complexity index is 427. The van der Waals surface area contributed by atoms with Crippen molar-refractivity contribution in [3.8, 4) is 0 Å². The first kappa shape index (κ1) is 14.3. The van der Waals surface area contributed by atoms with Crippen LogP contribution in [0.5, 0.6) is 0 Å². The van der Waals surface area contributed by atoms with Crippen molar-refractivity contribution in [3.63, 3.8) is 0 Å². The minimum atomic E-state index is 0.387. The maximum absolute atomic E-state index is 4.50. The molecule has 1 N–H and O–H groups in total. The quantitative estimate of drug-likeness (QED) is 0.870. The molecule has 0 atom stereocenters. The highest BCUT2D eigenvalue weighted by atomic mass is 15.1. The molecule has 19 heavy (non-hydrogen) atoms. The number of aryl methyl sites for hydroxylation is 2. The first-order chi connectivity index (χ1) is 8.65. The van der Waals surface area contributed by atoms with Crippen molar-refractivity contribution in [1.82, 2.24) is 9.97 Å². The van der Waals surface area contributed by atoms with E-state index in [9.17, 15) is 0 Å². The van der Waals surface area contributed by atoms with Crippen LogP contribution in [0.1, 0.15) is 58.3 Å². The Kier molecular flexibility index (Phi) is 3.59. The molecule has 1 aliphatic rings. The molecule has 0 spiro atoms. The summed E-state index contributed by atoms with van der Waals surface area (Å²) in [5, 5.41) is 3.55. The number of nitrogens with zero attached hydrogens (tertiary/aromatic N) is 2. The number of nitrogens with one attached hydrogen (secondary N) is 1. The molecule has 1 saturated carbocycles. The average molecular weight is 261 g/mol. The van der Waals surface area contributed by atoms with Gasteiger partial charge in [0.2, 0.25) is 5.95 Å². The topological polar surface area (TPSA) is 37.8 Å². The first-order valence-electron chi connectivity index (χ1n) is 7.24. The summed E-state index contributed by atoms with van der Waals surface area (Å²) in [6, 6.07) is 2.49. The van der Waals surface area contributed by atoms with Gasteiger partial charge in [-0.05, 0) is 50.0 Å². The van der Waals surface area contributed by atoms with Crippen molar-refractivity contribution in [2.45, 2.75) is 66.8 Å². The Morgan fingerprint density at radius 3 is 1.95 bits per heavy atom. The Morgan fingerprint density at radius 2 is 1.47 bits per heavy atom. The van der Waals surface area contributed by atoms with E-state index in [0.29, 0.717) is 16.9 Å². The third-order valence-corrected chi connectivity index (χ3v) is 3.87. The largest absolute Gasteiger partial charge is 0.351 e. The van der Waals surface area contributed by atoms with E-state index in [2.05, 4.69) is 43.0 Å². The highest BCUT2D eigenvalue weighted by Crippen LogP contribution is 2.46. The van der Waals surface area contributed by atoms with Crippen LogP contribution in [0.3, 0.4) is 0 Å². The normalized spacial score (nSPS) is 22.2. The number of anilines is 1. The monoisotopic (exact) mass is 261 g/mol. The van der Waals surface area contributed by atoms with E-state index in [1.807, 2.05) is 19.9 Å². The minimum absolute atomic E-state index is 0.387. The van der Waals surface area contributed by atoms with Gasteiger partial charge >= 0.3 is 0 Å². The van der Waals surface area contributed by atoms with E-state index in [0.717, 1.165) is 17.3 Å². The Labute approximate surface area is 117 Å². The second-order valence-electron chi connectivity index (χ2n) is 7.73. The summed E-state index contributed by atoms with van der Waals surface area (Å²) in [6.07, 6.45) is 3.66. The van der Waals surface area contributed by atoms with Gasteiger partial charge in [-0.1, -0.05) is 27.7 Å². The fraction of sp³-hybridized carbons (Fsp3) is 0.750. The lowest BCUT2D eigenvalue weighted by Gasteiger charge is -2.45. The molecule has 1 aromatic rings. The average Bonchev–Trinajstić information content (AvgIpc) is 2.08. The molecular weight excluding hydrogens is 234 g/mol. The number of rotatable bonds is 2. The highest BCUT2D eigenvalue weighted by molar-refractivity contribution is 5.29. The van der Waals surface area contributed by atoms with Crippen molar-refractivity contribution in [3.05, 3.63) is 17.5 Å². The molecule has 3 nitrogen and oxygen atoms in total. The van der Waals surface area contributed by atoms with E-state index < -0.39 is 0 Å². The molecule has 0 bridgehead atoms. The molecule has 0 radical (unpaired) electrons. The van der Waals surface area contributed by atoms with Crippen molar-refractivity contribution < 1.29 is 0 Å². The summed E-state index contributed by atoms with van der Waals surface area (Å²) in [7, 11) is 0. The lowest BCUT2D eigenvalue weighted by Crippen LogP contribution is -2.40. The number of hydrogen-bond acceptors (Lipinski definition) is 3. The zero-order valence-corrected chi connectivity index (χ0v) is 13.2. The Balaban J connectivity index is 2.14. The van der Waals surface area contributed by atoms with Crippen molar-refractivity contribution >= 4 is 5.95 Å². The summed E-state index contributed by atoms with van der Waals surface area (Å²) >= 11 is 0. The molecule has 0 amide bonds. The lowest BCUT2D eigenvalue weighted by molar-refractivity contribution is 0.105. The summed E-state index contributed by atoms with van der Waals surface area (Å²) < 4.78 is 0. The Hall–Kier alpha value is -1.12. The summed E-state index contributed by atoms with van der Waals surface area (Å²) in [4.78, 5) is 9.00. The van der Waals surface area contributed by atoms with E-state index in [1.165, 1.54) is 19.3 Å². The van der Waals surface area contributed by atoms with Crippen LogP contribution < -0.4 is 5.32 Å². The molecule has 0 saturated heterocycles. The maximum atomic E-state index is 4.50. The van der Waals surface area contributed by atoms with Gasteiger partial charge in [-0.15, -0.1) is 0 Å². The van der Waals surface area contributed by atoms with E-state index in [4.69, 9.17) is 0 Å². The minimum Gasteiger partial charge on any atom is -0.351 e. The second kappa shape index (κ2) is 4.77. The van der Waals surface area contributed by atoms with Gasteiger partial charge in [0.1, 0.15) is 0 Å². The second-order valence-corrected chi connectivity index (χ2v) is 7.73. The standard InChI is InChI=1S/C16H27N3/c1-11-7-12(2)18-14(17-11)19-13-8-15(3,4)10-16(5,6)9-13/h7,13H,8-10H2,1-6H3,(H,17,18,19). The van der Waals surface area contributed by atoms with Crippen LogP contribution in [-0.4, -0.2) is 16.0 Å². The van der Waals surface area contributed by atoms with Gasteiger partial charge in [0.25, 0.3) is 0 Å². The molecule has 1 aromatic heterocycles. The summed E-state index contributed by atoms with van der Waals surface area (Å²) in [5.74, 6) is 0.788. The third-order valence-electron chi connectivity index (χ3n) is 3.87. The van der Waals surface area contributed by atoms with Crippen LogP contribution in [0.15, 0.2) is 6.07 Å². The molecule has 2 rings (SSSR count). The molecule has 3 heteroatoms. The third kappa shape index (κ3) is 3.92. The molecule has 0 unspecified atom stereocenters.